The lowest BCUT2D eigenvalue weighted by molar-refractivity contribution is -0.136. The van der Waals surface area contributed by atoms with Gasteiger partial charge in [-0.1, -0.05) is 18.2 Å². The quantitative estimate of drug-likeness (QED) is 0.909. The summed E-state index contributed by atoms with van der Waals surface area (Å²) in [6, 6.07) is 11.5. The topological polar surface area (TPSA) is 46.5 Å². The van der Waals surface area contributed by atoms with Gasteiger partial charge in [-0.25, -0.2) is 4.39 Å². The van der Waals surface area contributed by atoms with Gasteiger partial charge in [-0.15, -0.1) is 0 Å². The number of halogens is 1. The summed E-state index contributed by atoms with van der Waals surface area (Å²) >= 11 is 0. The number of carboxylic acids is 1. The van der Waals surface area contributed by atoms with Crippen LogP contribution in [-0.2, 0) is 17.8 Å². The van der Waals surface area contributed by atoms with Crippen LogP contribution in [0.1, 0.15) is 16.7 Å². The molecule has 2 rings (SSSR count). The molecular formula is C16H15FO3. The van der Waals surface area contributed by atoms with E-state index in [0.29, 0.717) is 17.9 Å². The molecule has 0 spiro atoms. The molecule has 0 fully saturated rings. The van der Waals surface area contributed by atoms with Gasteiger partial charge in [0, 0.05) is 0 Å². The zero-order valence-electron chi connectivity index (χ0n) is 11.1. The predicted molar refractivity (Wildman–Crippen MR) is 73.3 cm³/mol. The van der Waals surface area contributed by atoms with Crippen molar-refractivity contribution in [3.05, 3.63) is 65.0 Å². The second-order valence-electron chi connectivity index (χ2n) is 4.58. The lowest BCUT2D eigenvalue weighted by Crippen LogP contribution is -2.01. The molecule has 0 aliphatic carbocycles. The van der Waals surface area contributed by atoms with Gasteiger partial charge in [0.05, 0.1) is 6.42 Å². The van der Waals surface area contributed by atoms with Crippen LogP contribution in [0.2, 0.25) is 0 Å². The van der Waals surface area contributed by atoms with Gasteiger partial charge in [0.1, 0.15) is 18.2 Å². The molecule has 20 heavy (non-hydrogen) atoms. The van der Waals surface area contributed by atoms with Crippen LogP contribution < -0.4 is 4.74 Å². The second-order valence-corrected chi connectivity index (χ2v) is 4.58. The molecule has 0 aliphatic heterocycles. The van der Waals surface area contributed by atoms with Gasteiger partial charge in [-0.2, -0.15) is 0 Å². The van der Waals surface area contributed by atoms with Crippen LogP contribution in [0.25, 0.3) is 0 Å². The normalized spacial score (nSPS) is 10.3. The fourth-order valence-corrected chi connectivity index (χ4v) is 1.90. The Hall–Kier alpha value is -2.36. The Kier molecular flexibility index (Phi) is 4.35. The minimum Gasteiger partial charge on any atom is -0.489 e. The molecule has 0 atom stereocenters. The summed E-state index contributed by atoms with van der Waals surface area (Å²) in [5, 5.41) is 8.75. The number of aliphatic carboxylic acids is 1. The SMILES string of the molecule is Cc1cc(F)ccc1COc1cccc(CC(=O)O)c1. The molecule has 2 aromatic rings. The summed E-state index contributed by atoms with van der Waals surface area (Å²) in [4.78, 5) is 10.7. The summed E-state index contributed by atoms with van der Waals surface area (Å²) < 4.78 is 18.6. The molecule has 0 saturated heterocycles. The molecule has 0 aromatic heterocycles. The molecule has 0 bridgehead atoms. The highest BCUT2D eigenvalue weighted by molar-refractivity contribution is 5.70. The monoisotopic (exact) mass is 274 g/mol. The van der Waals surface area contributed by atoms with Crippen LogP contribution in [0.3, 0.4) is 0 Å². The lowest BCUT2D eigenvalue weighted by atomic mass is 10.1. The molecule has 0 heterocycles. The Morgan fingerprint density at radius 3 is 2.75 bits per heavy atom. The van der Waals surface area contributed by atoms with Crippen LogP contribution in [-0.4, -0.2) is 11.1 Å². The number of hydrogen-bond acceptors (Lipinski definition) is 2. The molecule has 0 saturated carbocycles. The van der Waals surface area contributed by atoms with E-state index in [1.807, 2.05) is 6.92 Å². The van der Waals surface area contributed by atoms with E-state index in [2.05, 4.69) is 0 Å². The Morgan fingerprint density at radius 2 is 2.05 bits per heavy atom. The van der Waals surface area contributed by atoms with Crippen molar-refractivity contribution in [3.63, 3.8) is 0 Å². The number of ether oxygens (including phenoxy) is 1. The van der Waals surface area contributed by atoms with Crippen LogP contribution in [0.15, 0.2) is 42.5 Å². The second kappa shape index (κ2) is 6.19. The summed E-state index contributed by atoms with van der Waals surface area (Å²) in [7, 11) is 0. The van der Waals surface area contributed by atoms with E-state index in [-0.39, 0.29) is 12.2 Å². The Balaban J connectivity index is 2.05. The average Bonchev–Trinajstić information content (AvgIpc) is 2.37. The molecule has 1 N–H and O–H groups in total. The van der Waals surface area contributed by atoms with Gasteiger partial charge in [-0.3, -0.25) is 4.79 Å². The van der Waals surface area contributed by atoms with E-state index in [9.17, 15) is 9.18 Å². The van der Waals surface area contributed by atoms with Crippen molar-refractivity contribution in [2.45, 2.75) is 20.0 Å². The third-order valence-corrected chi connectivity index (χ3v) is 2.95. The zero-order valence-corrected chi connectivity index (χ0v) is 11.1. The van der Waals surface area contributed by atoms with Crippen molar-refractivity contribution in [3.8, 4) is 5.75 Å². The van der Waals surface area contributed by atoms with E-state index in [0.717, 1.165) is 11.1 Å². The number of rotatable bonds is 5. The van der Waals surface area contributed by atoms with E-state index in [1.54, 1.807) is 30.3 Å². The van der Waals surface area contributed by atoms with Gasteiger partial charge >= 0.3 is 5.97 Å². The first-order valence-corrected chi connectivity index (χ1v) is 6.23. The van der Waals surface area contributed by atoms with E-state index < -0.39 is 5.97 Å². The fraction of sp³-hybridized carbons (Fsp3) is 0.188. The summed E-state index contributed by atoms with van der Waals surface area (Å²) in [6.45, 7) is 2.14. The molecule has 4 heteroatoms. The van der Waals surface area contributed by atoms with Crippen molar-refractivity contribution in [1.29, 1.82) is 0 Å². The summed E-state index contributed by atoms with van der Waals surface area (Å²) in [6.07, 6.45) is -0.0349. The predicted octanol–water partition coefficient (Wildman–Crippen LogP) is 3.34. The van der Waals surface area contributed by atoms with Gasteiger partial charge in [-0.05, 0) is 47.9 Å². The fourth-order valence-electron chi connectivity index (χ4n) is 1.90. The molecule has 0 aliphatic rings. The first kappa shape index (κ1) is 14.1. The standard InChI is InChI=1S/C16H15FO3/c1-11-7-14(17)6-5-13(11)10-20-15-4-2-3-12(8-15)9-16(18)19/h2-8H,9-10H2,1H3,(H,18,19). The van der Waals surface area contributed by atoms with Gasteiger partial charge in [0.15, 0.2) is 0 Å². The van der Waals surface area contributed by atoms with Crippen LogP contribution >= 0.6 is 0 Å². The third-order valence-electron chi connectivity index (χ3n) is 2.95. The van der Waals surface area contributed by atoms with Crippen molar-refractivity contribution in [1.82, 2.24) is 0 Å². The van der Waals surface area contributed by atoms with Gasteiger partial charge in [0.2, 0.25) is 0 Å². The molecule has 0 amide bonds. The maximum absolute atomic E-state index is 13.0. The van der Waals surface area contributed by atoms with E-state index >= 15 is 0 Å². The van der Waals surface area contributed by atoms with Crippen LogP contribution in [0, 0.1) is 12.7 Å². The summed E-state index contributed by atoms with van der Waals surface area (Å²) in [5.74, 6) is -0.543. The first-order chi connectivity index (χ1) is 9.54. The largest absolute Gasteiger partial charge is 0.489 e. The summed E-state index contributed by atoms with van der Waals surface area (Å²) in [5.41, 5.74) is 2.41. The molecule has 104 valence electrons. The van der Waals surface area contributed by atoms with E-state index in [4.69, 9.17) is 9.84 Å². The Morgan fingerprint density at radius 1 is 1.25 bits per heavy atom. The first-order valence-electron chi connectivity index (χ1n) is 6.23. The van der Waals surface area contributed by atoms with Gasteiger partial charge < -0.3 is 9.84 Å². The number of aryl methyl sites for hydroxylation is 1. The minimum absolute atomic E-state index is 0.0349. The Labute approximate surface area is 116 Å². The molecule has 0 radical (unpaired) electrons. The van der Waals surface area contributed by atoms with Crippen LogP contribution in [0.5, 0.6) is 5.75 Å². The highest BCUT2D eigenvalue weighted by Crippen LogP contribution is 2.17. The molecule has 2 aromatic carbocycles. The van der Waals surface area contributed by atoms with E-state index in [1.165, 1.54) is 12.1 Å². The van der Waals surface area contributed by atoms with Gasteiger partial charge in [0.25, 0.3) is 0 Å². The average molecular weight is 274 g/mol. The molecule has 3 nitrogen and oxygen atoms in total. The zero-order chi connectivity index (χ0) is 14.5. The maximum atomic E-state index is 13.0. The third kappa shape index (κ3) is 3.82. The van der Waals surface area contributed by atoms with Crippen molar-refractivity contribution in [2.24, 2.45) is 0 Å². The van der Waals surface area contributed by atoms with Crippen LogP contribution in [0.4, 0.5) is 4.39 Å². The highest BCUT2D eigenvalue weighted by Gasteiger charge is 2.04. The number of benzene rings is 2. The number of hydrogen-bond donors (Lipinski definition) is 1. The number of carbonyl (C=O) groups is 1. The lowest BCUT2D eigenvalue weighted by Gasteiger charge is -2.09. The van der Waals surface area contributed by atoms with Crippen molar-refractivity contribution in [2.75, 3.05) is 0 Å². The Bertz CT molecular complexity index is 623. The highest BCUT2D eigenvalue weighted by atomic mass is 19.1. The molecular weight excluding hydrogens is 259 g/mol. The smallest absolute Gasteiger partial charge is 0.307 e. The molecule has 0 unspecified atom stereocenters. The number of carboxylic acid groups (broad SMARTS) is 1. The minimum atomic E-state index is -0.878. The van der Waals surface area contributed by atoms with Crippen molar-refractivity contribution < 1.29 is 19.0 Å². The maximum Gasteiger partial charge on any atom is 0.307 e. The van der Waals surface area contributed by atoms with Crippen molar-refractivity contribution >= 4 is 5.97 Å².